The lowest BCUT2D eigenvalue weighted by Gasteiger charge is -2.32. The van der Waals surface area contributed by atoms with Crippen LogP contribution in [0.1, 0.15) is 37.3 Å². The molecule has 1 unspecified atom stereocenters. The fourth-order valence-electron chi connectivity index (χ4n) is 2.67. The number of urea groups is 1. The minimum atomic E-state index is 0.0846. The summed E-state index contributed by atoms with van der Waals surface area (Å²) in [6.45, 7) is 6.72. The summed E-state index contributed by atoms with van der Waals surface area (Å²) in [4.78, 5) is 14.1. The Labute approximate surface area is 116 Å². The van der Waals surface area contributed by atoms with Gasteiger partial charge in [-0.15, -0.1) is 0 Å². The second-order valence-electron chi connectivity index (χ2n) is 5.45. The first-order valence-corrected chi connectivity index (χ1v) is 7.28. The van der Waals surface area contributed by atoms with Crippen LogP contribution in [-0.4, -0.2) is 24.0 Å². The number of aryl methyl sites for hydroxylation is 1. The summed E-state index contributed by atoms with van der Waals surface area (Å²) >= 11 is 0. The number of carbonyl (C=O) groups is 1. The van der Waals surface area contributed by atoms with Crippen LogP contribution < -0.4 is 5.32 Å². The Morgan fingerprint density at radius 3 is 2.95 bits per heavy atom. The lowest BCUT2D eigenvalue weighted by atomic mass is 9.96. The predicted octanol–water partition coefficient (Wildman–Crippen LogP) is 3.33. The molecular weight excluding hydrogens is 236 g/mol. The summed E-state index contributed by atoms with van der Waals surface area (Å²) in [6.07, 6.45) is 3.57. The zero-order valence-corrected chi connectivity index (χ0v) is 12.0. The number of hydrogen-bond donors (Lipinski definition) is 1. The Morgan fingerprint density at radius 2 is 2.21 bits per heavy atom. The summed E-state index contributed by atoms with van der Waals surface area (Å²) in [5.41, 5.74) is 2.42. The molecule has 1 aromatic rings. The average molecular weight is 260 g/mol. The van der Waals surface area contributed by atoms with Crippen LogP contribution in [0.15, 0.2) is 24.3 Å². The van der Waals surface area contributed by atoms with Gasteiger partial charge in [-0.2, -0.15) is 0 Å². The molecule has 2 rings (SSSR count). The maximum absolute atomic E-state index is 12.2. The molecule has 1 aliphatic rings. The van der Waals surface area contributed by atoms with Crippen LogP contribution in [0.5, 0.6) is 0 Å². The van der Waals surface area contributed by atoms with Crippen molar-refractivity contribution in [3.05, 3.63) is 35.4 Å². The quantitative estimate of drug-likeness (QED) is 0.888. The number of amides is 2. The number of piperidine rings is 1. The van der Waals surface area contributed by atoms with Gasteiger partial charge in [-0.25, -0.2) is 4.79 Å². The number of nitrogens with one attached hydrogen (secondary N) is 1. The first-order valence-electron chi connectivity index (χ1n) is 7.28. The first kappa shape index (κ1) is 13.9. The molecule has 3 heteroatoms. The molecule has 19 heavy (non-hydrogen) atoms. The second-order valence-corrected chi connectivity index (χ2v) is 5.45. The van der Waals surface area contributed by atoms with Crippen LogP contribution in [0.3, 0.4) is 0 Å². The van der Waals surface area contributed by atoms with Gasteiger partial charge < -0.3 is 10.2 Å². The van der Waals surface area contributed by atoms with Crippen LogP contribution >= 0.6 is 0 Å². The molecule has 0 aromatic heterocycles. The third kappa shape index (κ3) is 3.72. The molecule has 0 radical (unpaired) electrons. The molecule has 2 amide bonds. The number of likely N-dealkylation sites (tertiary alicyclic amines) is 1. The van der Waals surface area contributed by atoms with E-state index >= 15 is 0 Å². The van der Waals surface area contributed by atoms with Crippen LogP contribution in [0.25, 0.3) is 0 Å². The predicted molar refractivity (Wildman–Crippen MR) is 78.0 cm³/mol. The number of hydrogen-bond acceptors (Lipinski definition) is 1. The summed E-state index contributed by atoms with van der Waals surface area (Å²) in [5, 5.41) is 3.04. The Bertz CT molecular complexity index is 431. The molecule has 104 valence electrons. The van der Waals surface area contributed by atoms with E-state index in [1.54, 1.807) is 0 Å². The first-order chi connectivity index (χ1) is 9.20. The average Bonchev–Trinajstić information content (AvgIpc) is 2.46. The molecule has 0 saturated carbocycles. The third-order valence-corrected chi connectivity index (χ3v) is 4.07. The van der Waals surface area contributed by atoms with Gasteiger partial charge in [0.2, 0.25) is 0 Å². The van der Waals surface area contributed by atoms with Crippen molar-refractivity contribution in [2.24, 2.45) is 5.92 Å². The molecule has 1 aliphatic heterocycles. The molecule has 1 fully saturated rings. The normalized spacial score (nSPS) is 19.3. The van der Waals surface area contributed by atoms with E-state index in [0.717, 1.165) is 19.5 Å². The maximum Gasteiger partial charge on any atom is 0.317 e. The van der Waals surface area contributed by atoms with Gasteiger partial charge in [-0.3, -0.25) is 0 Å². The van der Waals surface area contributed by atoms with Gasteiger partial charge in [0.15, 0.2) is 0 Å². The highest BCUT2D eigenvalue weighted by molar-refractivity contribution is 5.74. The smallest absolute Gasteiger partial charge is 0.317 e. The van der Waals surface area contributed by atoms with Gasteiger partial charge in [0.25, 0.3) is 0 Å². The molecule has 3 nitrogen and oxygen atoms in total. The molecule has 0 bridgehead atoms. The maximum atomic E-state index is 12.2. The van der Waals surface area contributed by atoms with E-state index in [1.165, 1.54) is 24.0 Å². The Hall–Kier alpha value is -1.51. The fourth-order valence-corrected chi connectivity index (χ4v) is 2.67. The van der Waals surface area contributed by atoms with Crippen LogP contribution in [0.4, 0.5) is 4.79 Å². The summed E-state index contributed by atoms with van der Waals surface area (Å²) in [5.74, 6) is 0.679. The van der Waals surface area contributed by atoms with Gasteiger partial charge in [0.05, 0.1) is 0 Å². The highest BCUT2D eigenvalue weighted by atomic mass is 16.2. The number of rotatable bonds is 3. The van der Waals surface area contributed by atoms with Gasteiger partial charge >= 0.3 is 6.03 Å². The van der Waals surface area contributed by atoms with Crippen molar-refractivity contribution >= 4 is 6.03 Å². The van der Waals surface area contributed by atoms with E-state index in [0.29, 0.717) is 12.5 Å². The monoisotopic (exact) mass is 260 g/mol. The van der Waals surface area contributed by atoms with Crippen molar-refractivity contribution in [3.8, 4) is 0 Å². The lowest BCUT2D eigenvalue weighted by molar-refractivity contribution is 0.163. The Morgan fingerprint density at radius 1 is 1.42 bits per heavy atom. The molecule has 1 saturated heterocycles. The minimum absolute atomic E-state index is 0.0846. The minimum Gasteiger partial charge on any atom is -0.334 e. The van der Waals surface area contributed by atoms with E-state index < -0.39 is 0 Å². The van der Waals surface area contributed by atoms with Crippen molar-refractivity contribution in [3.63, 3.8) is 0 Å². The van der Waals surface area contributed by atoms with Crippen LogP contribution in [0.2, 0.25) is 0 Å². The number of nitrogens with zero attached hydrogens (tertiary/aromatic N) is 1. The number of carbonyl (C=O) groups excluding carboxylic acids is 1. The topological polar surface area (TPSA) is 32.3 Å². The Balaban J connectivity index is 1.86. The van der Waals surface area contributed by atoms with E-state index in [4.69, 9.17) is 0 Å². The molecular formula is C16H24N2O. The van der Waals surface area contributed by atoms with Gasteiger partial charge in [0, 0.05) is 19.6 Å². The molecule has 1 heterocycles. The van der Waals surface area contributed by atoms with E-state index in [1.807, 2.05) is 17.0 Å². The summed E-state index contributed by atoms with van der Waals surface area (Å²) in [6, 6.07) is 8.27. The molecule has 0 spiro atoms. The molecule has 0 aliphatic carbocycles. The fraction of sp³-hybridized carbons (Fsp3) is 0.562. The van der Waals surface area contributed by atoms with Gasteiger partial charge in [-0.05, 0) is 36.8 Å². The van der Waals surface area contributed by atoms with E-state index in [-0.39, 0.29) is 6.03 Å². The van der Waals surface area contributed by atoms with Gasteiger partial charge in [-0.1, -0.05) is 37.6 Å². The summed E-state index contributed by atoms with van der Waals surface area (Å²) in [7, 11) is 0. The van der Waals surface area contributed by atoms with Crippen molar-refractivity contribution in [1.82, 2.24) is 10.2 Å². The SMILES string of the molecule is CCC1CCCN(C(=O)NCc2ccccc2C)C1. The highest BCUT2D eigenvalue weighted by Crippen LogP contribution is 2.19. The third-order valence-electron chi connectivity index (χ3n) is 4.07. The van der Waals surface area contributed by atoms with Crippen molar-refractivity contribution in [2.45, 2.75) is 39.7 Å². The van der Waals surface area contributed by atoms with Crippen molar-refractivity contribution in [2.75, 3.05) is 13.1 Å². The standard InChI is InChI=1S/C16H24N2O/c1-3-14-8-6-10-18(12-14)16(19)17-11-15-9-5-4-7-13(15)2/h4-5,7,9,14H,3,6,8,10-12H2,1-2H3,(H,17,19). The van der Waals surface area contributed by atoms with Crippen LogP contribution in [0, 0.1) is 12.8 Å². The van der Waals surface area contributed by atoms with Crippen LogP contribution in [-0.2, 0) is 6.54 Å². The lowest BCUT2D eigenvalue weighted by Crippen LogP contribution is -2.45. The zero-order valence-electron chi connectivity index (χ0n) is 12.0. The van der Waals surface area contributed by atoms with Crippen molar-refractivity contribution < 1.29 is 4.79 Å². The van der Waals surface area contributed by atoms with Crippen molar-refractivity contribution in [1.29, 1.82) is 0 Å². The molecule has 1 N–H and O–H groups in total. The second kappa shape index (κ2) is 6.60. The molecule has 1 atom stereocenters. The van der Waals surface area contributed by atoms with E-state index in [9.17, 15) is 4.79 Å². The van der Waals surface area contributed by atoms with E-state index in [2.05, 4.69) is 31.3 Å². The molecule has 1 aromatic carbocycles. The Kier molecular flexibility index (Phi) is 4.83. The highest BCUT2D eigenvalue weighted by Gasteiger charge is 2.22. The summed E-state index contributed by atoms with van der Waals surface area (Å²) < 4.78 is 0. The largest absolute Gasteiger partial charge is 0.334 e. The van der Waals surface area contributed by atoms with Gasteiger partial charge in [0.1, 0.15) is 0 Å². The zero-order chi connectivity index (χ0) is 13.7. The number of benzene rings is 1.